The minimum absolute atomic E-state index is 0.495. The van der Waals surface area contributed by atoms with Crippen molar-refractivity contribution in [2.75, 3.05) is 0 Å². The maximum absolute atomic E-state index is 12.2. The lowest BCUT2D eigenvalue weighted by atomic mass is 10.00. The molecule has 0 aliphatic rings. The van der Waals surface area contributed by atoms with Crippen molar-refractivity contribution in [3.05, 3.63) is 29.3 Å². The van der Waals surface area contributed by atoms with Gasteiger partial charge in [-0.05, 0) is 12.1 Å². The van der Waals surface area contributed by atoms with Crippen LogP contribution in [0.1, 0.15) is 15.9 Å². The van der Waals surface area contributed by atoms with E-state index in [4.69, 9.17) is 0 Å². The van der Waals surface area contributed by atoms with E-state index in [1.807, 2.05) is 0 Å². The summed E-state index contributed by atoms with van der Waals surface area (Å²) in [4.78, 5) is 12.2. The van der Waals surface area contributed by atoms with Crippen LogP contribution in [0.25, 0.3) is 0 Å². The van der Waals surface area contributed by atoms with Crippen LogP contribution in [0, 0.1) is 0 Å². The second-order valence-electron chi connectivity index (χ2n) is 4.18. The Morgan fingerprint density at radius 3 is 1.71 bits per heavy atom. The maximum atomic E-state index is 12.2. The molecule has 7 N–H and O–H groups in total. The lowest BCUT2D eigenvalue weighted by Gasteiger charge is -2.10. The molecule has 0 saturated heterocycles. The Morgan fingerprint density at radius 1 is 0.571 bits per heavy atom. The summed E-state index contributed by atoms with van der Waals surface area (Å²) in [6.07, 6.45) is 0. The molecule has 0 saturated carbocycles. The van der Waals surface area contributed by atoms with Gasteiger partial charge in [-0.3, -0.25) is 4.79 Å². The fraction of sp³-hybridized carbons (Fsp3) is 0. The molecule has 2 aromatic rings. The Hall–Kier alpha value is -3.29. The van der Waals surface area contributed by atoms with Gasteiger partial charge in [0.25, 0.3) is 0 Å². The molecule has 0 aliphatic heterocycles. The molecule has 0 bridgehead atoms. The number of benzene rings is 2. The molecule has 8 heteroatoms. The lowest BCUT2D eigenvalue weighted by molar-refractivity contribution is 0.103. The van der Waals surface area contributed by atoms with E-state index >= 15 is 0 Å². The summed E-state index contributed by atoms with van der Waals surface area (Å²) in [5.74, 6) is -7.11. The molecule has 0 atom stereocenters. The van der Waals surface area contributed by atoms with E-state index in [2.05, 4.69) is 0 Å². The van der Waals surface area contributed by atoms with Gasteiger partial charge in [0.15, 0.2) is 23.0 Å². The largest absolute Gasteiger partial charge is 0.507 e. The number of aromatic hydroxyl groups is 7. The van der Waals surface area contributed by atoms with Gasteiger partial charge in [0.05, 0.1) is 11.1 Å². The molecule has 0 aromatic heterocycles. The van der Waals surface area contributed by atoms with E-state index in [-0.39, 0.29) is 0 Å². The molecule has 110 valence electrons. The minimum Gasteiger partial charge on any atom is -0.507 e. The molecule has 0 unspecified atom stereocenters. The number of carbonyl (C=O) groups is 1. The van der Waals surface area contributed by atoms with Crippen molar-refractivity contribution in [3.8, 4) is 40.2 Å². The predicted molar refractivity (Wildman–Crippen MR) is 68.0 cm³/mol. The first-order chi connectivity index (χ1) is 9.73. The first kappa shape index (κ1) is 14.1. The fourth-order valence-electron chi connectivity index (χ4n) is 1.70. The summed E-state index contributed by atoms with van der Waals surface area (Å²) < 4.78 is 0. The summed E-state index contributed by atoms with van der Waals surface area (Å²) >= 11 is 0. The third-order valence-electron chi connectivity index (χ3n) is 2.81. The molecule has 2 rings (SSSR count). The molecule has 21 heavy (non-hydrogen) atoms. The SMILES string of the molecule is O=C(c1cc(O)c(O)cc1O)c1cc(O)c(O)c(O)c1O. The van der Waals surface area contributed by atoms with E-state index in [0.717, 1.165) is 6.07 Å². The number of phenolic OH excluding ortho intramolecular Hbond substituents is 7. The highest BCUT2D eigenvalue weighted by Crippen LogP contribution is 2.45. The fourth-order valence-corrected chi connectivity index (χ4v) is 1.70. The number of hydrogen-bond acceptors (Lipinski definition) is 8. The van der Waals surface area contributed by atoms with Crippen molar-refractivity contribution in [2.24, 2.45) is 0 Å². The molecule has 2 aromatic carbocycles. The highest BCUT2D eigenvalue weighted by molar-refractivity contribution is 6.13. The number of hydrogen-bond donors (Lipinski definition) is 7. The van der Waals surface area contributed by atoms with Crippen LogP contribution in [-0.4, -0.2) is 41.5 Å². The van der Waals surface area contributed by atoms with Crippen LogP contribution in [0.2, 0.25) is 0 Å². The first-order valence-corrected chi connectivity index (χ1v) is 5.50. The quantitative estimate of drug-likeness (QED) is 0.244. The van der Waals surface area contributed by atoms with Crippen LogP contribution < -0.4 is 0 Å². The van der Waals surface area contributed by atoms with Crippen LogP contribution >= 0.6 is 0 Å². The predicted octanol–water partition coefficient (Wildman–Crippen LogP) is 0.857. The number of carbonyl (C=O) groups excluding carboxylic acids is 1. The summed E-state index contributed by atoms with van der Waals surface area (Å²) in [6.45, 7) is 0. The summed E-state index contributed by atoms with van der Waals surface area (Å²) in [7, 11) is 0. The topological polar surface area (TPSA) is 159 Å². The summed E-state index contributed by atoms with van der Waals surface area (Å²) in [5.41, 5.74) is -1.12. The highest BCUT2D eigenvalue weighted by Gasteiger charge is 2.24. The van der Waals surface area contributed by atoms with E-state index in [9.17, 15) is 40.5 Å². The minimum atomic E-state index is -1.11. The van der Waals surface area contributed by atoms with Gasteiger partial charge in [-0.25, -0.2) is 0 Å². The molecule has 0 spiro atoms. The van der Waals surface area contributed by atoms with Crippen molar-refractivity contribution in [3.63, 3.8) is 0 Å². The van der Waals surface area contributed by atoms with Crippen LogP contribution in [0.15, 0.2) is 18.2 Å². The third-order valence-corrected chi connectivity index (χ3v) is 2.81. The molecular formula is C13H10O8. The summed E-state index contributed by atoms with van der Waals surface area (Å²) in [6, 6.07) is 2.13. The van der Waals surface area contributed by atoms with Gasteiger partial charge in [0, 0.05) is 6.07 Å². The van der Waals surface area contributed by atoms with Crippen molar-refractivity contribution >= 4 is 5.78 Å². The van der Waals surface area contributed by atoms with Crippen LogP contribution in [0.4, 0.5) is 0 Å². The first-order valence-electron chi connectivity index (χ1n) is 5.50. The molecular weight excluding hydrogens is 284 g/mol. The van der Waals surface area contributed by atoms with Gasteiger partial charge >= 0.3 is 0 Å². The molecule has 0 aliphatic carbocycles. The molecule has 8 nitrogen and oxygen atoms in total. The Bertz CT molecular complexity index is 751. The standard InChI is InChI=1S/C13H10O8/c14-6-3-8(16)7(15)1-4(6)10(18)5-2-9(17)12(20)13(21)11(5)19/h1-3,14-17,19-21H. The van der Waals surface area contributed by atoms with Crippen molar-refractivity contribution in [1.82, 2.24) is 0 Å². The summed E-state index contributed by atoms with van der Waals surface area (Å²) in [5, 5.41) is 65.6. The van der Waals surface area contributed by atoms with Gasteiger partial charge in [0.1, 0.15) is 5.75 Å². The second-order valence-corrected chi connectivity index (χ2v) is 4.18. The van der Waals surface area contributed by atoms with Gasteiger partial charge in [-0.2, -0.15) is 0 Å². The Morgan fingerprint density at radius 2 is 1.10 bits per heavy atom. The van der Waals surface area contributed by atoms with Gasteiger partial charge in [-0.1, -0.05) is 0 Å². The average molecular weight is 294 g/mol. The van der Waals surface area contributed by atoms with E-state index < -0.39 is 57.2 Å². The molecule has 0 fully saturated rings. The van der Waals surface area contributed by atoms with Crippen molar-refractivity contribution in [1.29, 1.82) is 0 Å². The van der Waals surface area contributed by atoms with E-state index in [0.29, 0.717) is 12.1 Å². The van der Waals surface area contributed by atoms with Crippen LogP contribution in [-0.2, 0) is 0 Å². The highest BCUT2D eigenvalue weighted by atomic mass is 16.3. The zero-order valence-corrected chi connectivity index (χ0v) is 10.3. The van der Waals surface area contributed by atoms with Crippen molar-refractivity contribution in [2.45, 2.75) is 0 Å². The number of rotatable bonds is 2. The van der Waals surface area contributed by atoms with Gasteiger partial charge < -0.3 is 35.7 Å². The number of ketones is 1. The van der Waals surface area contributed by atoms with Crippen LogP contribution in [0.3, 0.4) is 0 Å². The second kappa shape index (κ2) is 4.67. The Balaban J connectivity index is 2.64. The van der Waals surface area contributed by atoms with Gasteiger partial charge in [0.2, 0.25) is 17.3 Å². The van der Waals surface area contributed by atoms with Gasteiger partial charge in [-0.15, -0.1) is 0 Å². The zero-order valence-electron chi connectivity index (χ0n) is 10.3. The zero-order chi connectivity index (χ0) is 15.9. The Kier molecular flexibility index (Phi) is 3.14. The monoisotopic (exact) mass is 294 g/mol. The Labute approximate surface area is 117 Å². The number of phenols is 7. The van der Waals surface area contributed by atoms with Crippen molar-refractivity contribution < 1.29 is 40.5 Å². The average Bonchev–Trinajstić information content (AvgIpc) is 2.43. The van der Waals surface area contributed by atoms with E-state index in [1.165, 1.54) is 0 Å². The molecule has 0 heterocycles. The van der Waals surface area contributed by atoms with E-state index in [1.54, 1.807) is 0 Å². The molecule has 0 radical (unpaired) electrons. The normalized spacial score (nSPS) is 10.5. The smallest absolute Gasteiger partial charge is 0.205 e. The third kappa shape index (κ3) is 2.18. The lowest BCUT2D eigenvalue weighted by Crippen LogP contribution is -2.02. The van der Waals surface area contributed by atoms with Crippen LogP contribution in [0.5, 0.6) is 40.2 Å². The molecule has 0 amide bonds. The maximum Gasteiger partial charge on any atom is 0.205 e.